The van der Waals surface area contributed by atoms with Gasteiger partial charge in [0.1, 0.15) is 10.6 Å². The van der Waals surface area contributed by atoms with Gasteiger partial charge in [-0.05, 0) is 73.0 Å². The van der Waals surface area contributed by atoms with E-state index in [0.717, 1.165) is 11.1 Å². The Bertz CT molecular complexity index is 1250. The molecule has 0 aromatic heterocycles. The molecular formula is C24H24N2O5S. The van der Waals surface area contributed by atoms with Crippen LogP contribution in [-0.4, -0.2) is 20.2 Å². The second kappa shape index (κ2) is 9.65. The van der Waals surface area contributed by atoms with Crippen molar-refractivity contribution in [3.8, 4) is 5.75 Å². The Hall–Kier alpha value is -3.65. The molecule has 0 spiro atoms. The van der Waals surface area contributed by atoms with E-state index in [-0.39, 0.29) is 29.0 Å². The van der Waals surface area contributed by atoms with Gasteiger partial charge >= 0.3 is 10.1 Å². The van der Waals surface area contributed by atoms with Crippen LogP contribution in [0.2, 0.25) is 0 Å². The Kier molecular flexibility index (Phi) is 6.95. The van der Waals surface area contributed by atoms with E-state index in [9.17, 15) is 18.0 Å². The van der Waals surface area contributed by atoms with Gasteiger partial charge in [0.15, 0.2) is 0 Å². The first kappa shape index (κ1) is 23.0. The lowest BCUT2D eigenvalue weighted by Gasteiger charge is -2.11. The van der Waals surface area contributed by atoms with E-state index in [1.165, 1.54) is 31.2 Å². The van der Waals surface area contributed by atoms with E-state index in [1.54, 1.807) is 37.3 Å². The van der Waals surface area contributed by atoms with Crippen LogP contribution in [0.5, 0.6) is 5.75 Å². The van der Waals surface area contributed by atoms with Crippen LogP contribution in [0.15, 0.2) is 71.6 Å². The number of carbonyl (C=O) groups excluding carboxylic acids is 2. The molecule has 0 saturated carbocycles. The van der Waals surface area contributed by atoms with Gasteiger partial charge in [-0.2, -0.15) is 8.42 Å². The van der Waals surface area contributed by atoms with Gasteiger partial charge in [-0.15, -0.1) is 0 Å². The second-order valence-corrected chi connectivity index (χ2v) is 8.91. The van der Waals surface area contributed by atoms with E-state index in [1.807, 2.05) is 19.1 Å². The topological polar surface area (TPSA) is 102 Å². The molecule has 0 saturated heterocycles. The lowest BCUT2D eigenvalue weighted by atomic mass is 10.1. The number of nitrogens with one attached hydrogen (secondary N) is 2. The molecule has 0 atom stereocenters. The predicted molar refractivity (Wildman–Crippen MR) is 122 cm³/mol. The van der Waals surface area contributed by atoms with E-state index in [2.05, 4.69) is 10.6 Å². The van der Waals surface area contributed by atoms with E-state index >= 15 is 0 Å². The van der Waals surface area contributed by atoms with Crippen molar-refractivity contribution in [2.75, 3.05) is 5.32 Å². The Labute approximate surface area is 187 Å². The first-order valence-electron chi connectivity index (χ1n) is 9.90. The predicted octanol–water partition coefficient (Wildman–Crippen LogP) is 3.96. The van der Waals surface area contributed by atoms with Gasteiger partial charge in [0.25, 0.3) is 5.91 Å². The third-order valence-electron chi connectivity index (χ3n) is 4.64. The van der Waals surface area contributed by atoms with Crippen LogP contribution in [0.4, 0.5) is 5.69 Å². The molecule has 2 amide bonds. The minimum atomic E-state index is -3.99. The normalized spacial score (nSPS) is 11.0. The van der Waals surface area contributed by atoms with Crippen molar-refractivity contribution in [2.24, 2.45) is 0 Å². The molecule has 0 aliphatic carbocycles. The van der Waals surface area contributed by atoms with Crippen molar-refractivity contribution in [3.63, 3.8) is 0 Å². The van der Waals surface area contributed by atoms with Gasteiger partial charge in [0.05, 0.1) is 0 Å². The Morgan fingerprint density at radius 3 is 2.34 bits per heavy atom. The Morgan fingerprint density at radius 1 is 0.938 bits per heavy atom. The molecule has 0 aliphatic rings. The molecule has 8 heteroatoms. The SMILES string of the molecule is CC(=O)Nc1cccc(CNC(=O)c2ccc(OS(=O)(=O)c3cc(C)ccc3C)cc2)c1. The van der Waals surface area contributed by atoms with Crippen LogP contribution in [-0.2, 0) is 21.5 Å². The highest BCUT2D eigenvalue weighted by atomic mass is 32.2. The van der Waals surface area contributed by atoms with E-state index in [0.29, 0.717) is 16.8 Å². The van der Waals surface area contributed by atoms with Crippen molar-refractivity contribution >= 4 is 27.6 Å². The average molecular weight is 453 g/mol. The third-order valence-corrected chi connectivity index (χ3v) is 6.03. The number of carbonyl (C=O) groups is 2. The maximum atomic E-state index is 12.6. The zero-order valence-corrected chi connectivity index (χ0v) is 18.8. The molecule has 3 aromatic carbocycles. The Morgan fingerprint density at radius 2 is 1.66 bits per heavy atom. The van der Waals surface area contributed by atoms with E-state index in [4.69, 9.17) is 4.18 Å². The summed E-state index contributed by atoms with van der Waals surface area (Å²) in [7, 11) is -3.99. The standard InChI is InChI=1S/C24H24N2O5S/c1-16-7-8-17(2)23(13-16)32(29,30)31-22-11-9-20(10-12-22)24(28)25-15-19-5-4-6-21(14-19)26-18(3)27/h4-14H,15H2,1-3H3,(H,25,28)(H,26,27). The number of hydrogen-bond donors (Lipinski definition) is 2. The van der Waals surface area contributed by atoms with Crippen LogP contribution in [0, 0.1) is 13.8 Å². The van der Waals surface area contributed by atoms with Crippen molar-refractivity contribution in [2.45, 2.75) is 32.2 Å². The first-order chi connectivity index (χ1) is 15.1. The van der Waals surface area contributed by atoms with Crippen LogP contribution in [0.25, 0.3) is 0 Å². The molecule has 166 valence electrons. The lowest BCUT2D eigenvalue weighted by molar-refractivity contribution is -0.114. The lowest BCUT2D eigenvalue weighted by Crippen LogP contribution is -2.22. The molecule has 3 rings (SSSR count). The summed E-state index contributed by atoms with van der Waals surface area (Å²) in [5, 5.41) is 5.49. The maximum absolute atomic E-state index is 12.6. The minimum Gasteiger partial charge on any atom is -0.379 e. The number of hydrogen-bond acceptors (Lipinski definition) is 5. The van der Waals surface area contributed by atoms with Crippen LogP contribution >= 0.6 is 0 Å². The van der Waals surface area contributed by atoms with Crippen molar-refractivity contribution < 1.29 is 22.2 Å². The molecule has 0 fully saturated rings. The van der Waals surface area contributed by atoms with Crippen molar-refractivity contribution in [1.29, 1.82) is 0 Å². The summed E-state index contributed by atoms with van der Waals surface area (Å²) in [6.45, 7) is 5.21. The summed E-state index contributed by atoms with van der Waals surface area (Å²) in [6.07, 6.45) is 0. The van der Waals surface area contributed by atoms with Gasteiger partial charge < -0.3 is 14.8 Å². The molecule has 0 unspecified atom stereocenters. The molecule has 3 aromatic rings. The fourth-order valence-electron chi connectivity index (χ4n) is 3.06. The minimum absolute atomic E-state index is 0.112. The summed E-state index contributed by atoms with van der Waals surface area (Å²) in [4.78, 5) is 23.7. The summed E-state index contributed by atoms with van der Waals surface area (Å²) in [5.74, 6) is -0.377. The van der Waals surface area contributed by atoms with Gasteiger partial charge in [0.2, 0.25) is 5.91 Å². The fourth-order valence-corrected chi connectivity index (χ4v) is 4.30. The molecule has 0 aliphatic heterocycles. The number of aryl methyl sites for hydroxylation is 2. The van der Waals surface area contributed by atoms with Crippen LogP contribution in [0.1, 0.15) is 34.0 Å². The quantitative estimate of drug-likeness (QED) is 0.529. The second-order valence-electron chi connectivity index (χ2n) is 7.40. The molecule has 2 N–H and O–H groups in total. The van der Waals surface area contributed by atoms with Gasteiger partial charge in [-0.3, -0.25) is 9.59 Å². The highest BCUT2D eigenvalue weighted by molar-refractivity contribution is 7.87. The van der Waals surface area contributed by atoms with Gasteiger partial charge in [-0.1, -0.05) is 24.3 Å². The highest BCUT2D eigenvalue weighted by Gasteiger charge is 2.19. The van der Waals surface area contributed by atoms with Crippen molar-refractivity contribution in [3.05, 3.63) is 89.0 Å². The third kappa shape index (κ3) is 5.95. The number of amides is 2. The van der Waals surface area contributed by atoms with Gasteiger partial charge in [0, 0.05) is 24.7 Å². The summed E-state index contributed by atoms with van der Waals surface area (Å²) in [5.41, 5.74) is 3.24. The monoisotopic (exact) mass is 452 g/mol. The zero-order chi connectivity index (χ0) is 23.3. The van der Waals surface area contributed by atoms with Crippen LogP contribution < -0.4 is 14.8 Å². The fraction of sp³-hybridized carbons (Fsp3) is 0.167. The summed E-state index contributed by atoms with van der Waals surface area (Å²) in [6, 6.07) is 18.2. The molecule has 7 nitrogen and oxygen atoms in total. The molecule has 32 heavy (non-hydrogen) atoms. The largest absolute Gasteiger partial charge is 0.379 e. The van der Waals surface area contributed by atoms with E-state index < -0.39 is 10.1 Å². The average Bonchev–Trinajstić information content (AvgIpc) is 2.74. The number of rotatable bonds is 7. The van der Waals surface area contributed by atoms with Crippen molar-refractivity contribution in [1.82, 2.24) is 5.32 Å². The molecule has 0 bridgehead atoms. The molecule has 0 radical (unpaired) electrons. The van der Waals surface area contributed by atoms with Crippen LogP contribution in [0.3, 0.4) is 0 Å². The molecule has 0 heterocycles. The smallest absolute Gasteiger partial charge is 0.339 e. The molecular weight excluding hydrogens is 428 g/mol. The Balaban J connectivity index is 1.64. The maximum Gasteiger partial charge on any atom is 0.339 e. The summed E-state index contributed by atoms with van der Waals surface area (Å²) < 4.78 is 30.5. The number of benzene rings is 3. The highest BCUT2D eigenvalue weighted by Crippen LogP contribution is 2.23. The van der Waals surface area contributed by atoms with Gasteiger partial charge in [-0.25, -0.2) is 0 Å². The first-order valence-corrected chi connectivity index (χ1v) is 11.3. The summed E-state index contributed by atoms with van der Waals surface area (Å²) >= 11 is 0. The number of anilines is 1. The zero-order valence-electron chi connectivity index (χ0n) is 18.0.